The fraction of sp³-hybridized carbons (Fsp3) is 0.154. The summed E-state index contributed by atoms with van der Waals surface area (Å²) in [5.41, 5.74) is 1.48. The quantitative estimate of drug-likeness (QED) is 0.206. The van der Waals surface area contributed by atoms with Crippen molar-refractivity contribution in [1.82, 2.24) is 9.97 Å². The van der Waals surface area contributed by atoms with Gasteiger partial charge >= 0.3 is 5.91 Å². The summed E-state index contributed by atoms with van der Waals surface area (Å²) < 4.78 is 11.9. The van der Waals surface area contributed by atoms with Crippen LogP contribution in [0.1, 0.15) is 24.1 Å². The normalized spacial score (nSPS) is 17.1. The van der Waals surface area contributed by atoms with Crippen molar-refractivity contribution in [3.63, 3.8) is 0 Å². The van der Waals surface area contributed by atoms with Crippen LogP contribution in [0.2, 0.25) is 5.02 Å². The van der Waals surface area contributed by atoms with Gasteiger partial charge in [-0.15, -0.1) is 0 Å². The largest absolute Gasteiger partial charge is 0.507 e. The van der Waals surface area contributed by atoms with Crippen molar-refractivity contribution in [1.29, 1.82) is 0 Å². The lowest BCUT2D eigenvalue weighted by Gasteiger charge is -2.23. The number of benzene rings is 2. The van der Waals surface area contributed by atoms with Crippen molar-refractivity contribution in [3.8, 4) is 11.5 Å². The smallest absolute Gasteiger partial charge is 0.301 e. The molecule has 1 saturated heterocycles. The Balaban J connectivity index is 1.73. The van der Waals surface area contributed by atoms with Crippen LogP contribution in [-0.4, -0.2) is 40.5 Å². The maximum atomic E-state index is 13.4. The molecule has 8 nitrogen and oxygen atoms in total. The van der Waals surface area contributed by atoms with E-state index in [1.54, 1.807) is 48.5 Å². The summed E-state index contributed by atoms with van der Waals surface area (Å²) in [6, 6.07) is 12.5. The Morgan fingerprint density at radius 3 is 2.61 bits per heavy atom. The number of Topliss-reactive ketones (excluding diaryl/α,β-unsaturated/α-hetero) is 1. The van der Waals surface area contributed by atoms with E-state index in [4.69, 9.17) is 21.1 Å². The van der Waals surface area contributed by atoms with E-state index in [9.17, 15) is 14.7 Å². The van der Waals surface area contributed by atoms with Gasteiger partial charge in [-0.2, -0.15) is 0 Å². The maximum absolute atomic E-state index is 13.4. The number of rotatable bonds is 6. The molecule has 1 N–H and O–H groups in total. The monoisotopic (exact) mass is 521 g/mol. The van der Waals surface area contributed by atoms with Gasteiger partial charge in [0.05, 0.1) is 35.5 Å². The highest BCUT2D eigenvalue weighted by Gasteiger charge is 2.48. The molecule has 1 atom stereocenters. The number of thiazole rings is 1. The van der Waals surface area contributed by atoms with E-state index in [0.717, 1.165) is 4.70 Å². The zero-order valence-electron chi connectivity index (χ0n) is 19.3. The van der Waals surface area contributed by atoms with Crippen molar-refractivity contribution in [2.45, 2.75) is 13.0 Å². The summed E-state index contributed by atoms with van der Waals surface area (Å²) in [5.74, 6) is -0.974. The van der Waals surface area contributed by atoms with Crippen LogP contribution >= 0.6 is 22.9 Å². The molecule has 2 aromatic heterocycles. The predicted octanol–water partition coefficient (Wildman–Crippen LogP) is 5.38. The lowest BCUT2D eigenvalue weighted by molar-refractivity contribution is -0.132. The highest BCUT2D eigenvalue weighted by Crippen LogP contribution is 2.46. The van der Waals surface area contributed by atoms with Gasteiger partial charge in [0, 0.05) is 23.0 Å². The molecule has 0 saturated carbocycles. The highest BCUT2D eigenvalue weighted by atomic mass is 35.5. The Kier molecular flexibility index (Phi) is 6.34. The van der Waals surface area contributed by atoms with Gasteiger partial charge in [0.25, 0.3) is 5.78 Å². The molecule has 0 aliphatic carbocycles. The topological polar surface area (TPSA) is 102 Å². The molecular formula is C26H20ClN3O5S. The Labute approximate surface area is 215 Å². The molecule has 4 aromatic rings. The number of hydrogen-bond acceptors (Lipinski definition) is 8. The Morgan fingerprint density at radius 1 is 1.11 bits per heavy atom. The molecule has 182 valence electrons. The molecule has 1 amide bonds. The first-order chi connectivity index (χ1) is 17.4. The lowest BCUT2D eigenvalue weighted by Crippen LogP contribution is -2.29. The Morgan fingerprint density at radius 2 is 1.89 bits per heavy atom. The third-order valence-electron chi connectivity index (χ3n) is 5.75. The summed E-state index contributed by atoms with van der Waals surface area (Å²) in [5, 5.41) is 12.0. The average Bonchev–Trinajstić information content (AvgIpc) is 3.42. The van der Waals surface area contributed by atoms with E-state index in [0.29, 0.717) is 44.9 Å². The second kappa shape index (κ2) is 9.60. The van der Waals surface area contributed by atoms with Crippen LogP contribution < -0.4 is 14.4 Å². The molecule has 0 bridgehead atoms. The maximum Gasteiger partial charge on any atom is 0.301 e. The zero-order chi connectivity index (χ0) is 25.4. The number of carbonyl (C=O) groups excluding carboxylic acids is 2. The summed E-state index contributed by atoms with van der Waals surface area (Å²) in [6.45, 7) is 2.29. The molecule has 1 aliphatic rings. The average molecular weight is 522 g/mol. The fourth-order valence-corrected chi connectivity index (χ4v) is 5.40. The molecule has 36 heavy (non-hydrogen) atoms. The van der Waals surface area contributed by atoms with Crippen molar-refractivity contribution in [3.05, 3.63) is 82.6 Å². The van der Waals surface area contributed by atoms with E-state index in [1.165, 1.54) is 35.7 Å². The zero-order valence-corrected chi connectivity index (χ0v) is 20.8. The second-order valence-corrected chi connectivity index (χ2v) is 9.30. The molecule has 3 heterocycles. The van der Waals surface area contributed by atoms with Crippen molar-refractivity contribution < 1.29 is 24.2 Å². The van der Waals surface area contributed by atoms with Crippen molar-refractivity contribution >= 4 is 55.7 Å². The van der Waals surface area contributed by atoms with Gasteiger partial charge < -0.3 is 14.6 Å². The van der Waals surface area contributed by atoms with Crippen LogP contribution in [0.3, 0.4) is 0 Å². The number of pyridine rings is 1. The number of aromatic nitrogens is 2. The number of nitrogens with zero attached hydrogens (tertiary/aromatic N) is 3. The third-order valence-corrected chi connectivity index (χ3v) is 7.00. The van der Waals surface area contributed by atoms with E-state index < -0.39 is 17.7 Å². The molecule has 0 radical (unpaired) electrons. The van der Waals surface area contributed by atoms with E-state index in [2.05, 4.69) is 9.97 Å². The molecule has 1 fully saturated rings. The van der Waals surface area contributed by atoms with E-state index >= 15 is 0 Å². The number of aliphatic hydroxyl groups excluding tert-OH is 1. The lowest BCUT2D eigenvalue weighted by atomic mass is 9.95. The van der Waals surface area contributed by atoms with Gasteiger partial charge in [-0.1, -0.05) is 29.0 Å². The number of ether oxygens (including phenoxy) is 2. The number of methoxy groups -OCH3 is 1. The molecule has 1 unspecified atom stereocenters. The van der Waals surface area contributed by atoms with Gasteiger partial charge in [-0.3, -0.25) is 19.5 Å². The minimum Gasteiger partial charge on any atom is -0.507 e. The van der Waals surface area contributed by atoms with Gasteiger partial charge in [0.2, 0.25) is 0 Å². The number of ketones is 1. The standard InChI is InChI=1S/C26H20ClN3O5S/c1-3-35-18-7-4-15(12-19(18)34-2)22-21(23(31)14-8-10-28-11-9-14)24(32)25(33)30(22)26-29-17-6-5-16(27)13-20(17)36-26/h4-13,22,31H,3H2,1-2H3. The van der Waals surface area contributed by atoms with Crippen LogP contribution in [0.5, 0.6) is 11.5 Å². The number of carbonyl (C=O) groups is 2. The van der Waals surface area contributed by atoms with Crippen molar-refractivity contribution in [2.75, 3.05) is 18.6 Å². The number of anilines is 1. The first kappa shape index (κ1) is 23.8. The first-order valence-electron chi connectivity index (χ1n) is 11.0. The predicted molar refractivity (Wildman–Crippen MR) is 138 cm³/mol. The second-order valence-electron chi connectivity index (χ2n) is 7.86. The number of aliphatic hydroxyl groups is 1. The molecule has 10 heteroatoms. The van der Waals surface area contributed by atoms with E-state index in [-0.39, 0.29) is 11.3 Å². The summed E-state index contributed by atoms with van der Waals surface area (Å²) >= 11 is 7.37. The molecule has 0 spiro atoms. The van der Waals surface area contributed by atoms with Crippen LogP contribution in [0.15, 0.2) is 66.5 Å². The number of fused-ring (bicyclic) bond motifs is 1. The summed E-state index contributed by atoms with van der Waals surface area (Å²) in [4.78, 5) is 36.6. The third kappa shape index (κ3) is 4.06. The molecular weight excluding hydrogens is 502 g/mol. The minimum absolute atomic E-state index is 0.0605. The number of hydrogen-bond donors (Lipinski definition) is 1. The minimum atomic E-state index is -0.959. The van der Waals surface area contributed by atoms with Crippen LogP contribution in [-0.2, 0) is 9.59 Å². The summed E-state index contributed by atoms with van der Waals surface area (Å²) in [7, 11) is 1.51. The number of amides is 1. The Bertz CT molecular complexity index is 1520. The first-order valence-corrected chi connectivity index (χ1v) is 12.2. The van der Waals surface area contributed by atoms with Gasteiger partial charge in [0.15, 0.2) is 16.6 Å². The fourth-order valence-electron chi connectivity index (χ4n) is 4.13. The van der Waals surface area contributed by atoms with Gasteiger partial charge in [-0.25, -0.2) is 4.98 Å². The van der Waals surface area contributed by atoms with Crippen LogP contribution in [0, 0.1) is 0 Å². The van der Waals surface area contributed by atoms with Crippen molar-refractivity contribution in [2.24, 2.45) is 0 Å². The molecule has 1 aliphatic heterocycles. The molecule has 5 rings (SSSR count). The van der Waals surface area contributed by atoms with E-state index in [1.807, 2.05) is 6.92 Å². The summed E-state index contributed by atoms with van der Waals surface area (Å²) in [6.07, 6.45) is 2.99. The van der Waals surface area contributed by atoms with Crippen LogP contribution in [0.4, 0.5) is 5.13 Å². The van der Waals surface area contributed by atoms with Gasteiger partial charge in [0.1, 0.15) is 5.76 Å². The van der Waals surface area contributed by atoms with Crippen LogP contribution in [0.25, 0.3) is 16.0 Å². The molecule has 2 aromatic carbocycles. The SMILES string of the molecule is CCOc1ccc(C2C(=C(O)c3ccncc3)C(=O)C(=O)N2c2nc3ccc(Cl)cc3s2)cc1OC. The number of halogens is 1. The van der Waals surface area contributed by atoms with Gasteiger partial charge in [-0.05, 0) is 55.0 Å². The Hall–Kier alpha value is -3.95. The highest BCUT2D eigenvalue weighted by molar-refractivity contribution is 7.22.